The van der Waals surface area contributed by atoms with Crippen molar-refractivity contribution in [2.75, 3.05) is 31.5 Å². The number of β-amino-alcohol motifs (C(OH)–C–C–N with tert-alkyl or cyclic N) is 1. The summed E-state index contributed by atoms with van der Waals surface area (Å²) >= 11 is 0. The van der Waals surface area contributed by atoms with Crippen molar-refractivity contribution in [1.29, 1.82) is 10.5 Å². The van der Waals surface area contributed by atoms with Crippen molar-refractivity contribution in [3.63, 3.8) is 0 Å². The molecular weight excluding hydrogens is 252 g/mol. The summed E-state index contributed by atoms with van der Waals surface area (Å²) in [6, 6.07) is 8.99. The fraction of sp³-hybridized carbons (Fsp3) is 0.467. The van der Waals surface area contributed by atoms with Gasteiger partial charge in [-0.1, -0.05) is 0 Å². The number of aliphatic hydroxyl groups is 1. The average Bonchev–Trinajstić information content (AvgIpc) is 2.97. The number of nitrogens with zero attached hydrogens (tertiary/aromatic N) is 3. The minimum Gasteiger partial charge on any atom is -0.390 e. The molecule has 1 aromatic carbocycles. The van der Waals surface area contributed by atoms with Crippen LogP contribution in [0.2, 0.25) is 0 Å². The zero-order chi connectivity index (χ0) is 14.4. The van der Waals surface area contributed by atoms with Gasteiger partial charge in [-0.15, -0.1) is 0 Å². The van der Waals surface area contributed by atoms with Crippen LogP contribution in [0, 0.1) is 22.7 Å². The predicted octanol–water partition coefficient (Wildman–Crippen LogP) is 1.30. The van der Waals surface area contributed by atoms with Gasteiger partial charge in [-0.25, -0.2) is 0 Å². The summed E-state index contributed by atoms with van der Waals surface area (Å²) < 4.78 is 0. The highest BCUT2D eigenvalue weighted by molar-refractivity contribution is 5.56. The maximum Gasteiger partial charge on any atom is 0.101 e. The number of nitrogens with one attached hydrogen (secondary N) is 1. The fourth-order valence-corrected chi connectivity index (χ4v) is 2.41. The Labute approximate surface area is 119 Å². The molecule has 5 heteroatoms. The molecule has 1 aliphatic heterocycles. The van der Waals surface area contributed by atoms with E-state index in [1.807, 2.05) is 12.1 Å². The Morgan fingerprint density at radius 3 is 2.55 bits per heavy atom. The van der Waals surface area contributed by atoms with Crippen molar-refractivity contribution < 1.29 is 5.11 Å². The van der Waals surface area contributed by atoms with Crippen LogP contribution in [0.4, 0.5) is 5.69 Å². The molecule has 2 N–H and O–H groups in total. The highest BCUT2D eigenvalue weighted by Crippen LogP contribution is 2.15. The van der Waals surface area contributed by atoms with E-state index < -0.39 is 6.10 Å². The molecular formula is C15H18N4O. The second-order valence-corrected chi connectivity index (χ2v) is 5.03. The van der Waals surface area contributed by atoms with Gasteiger partial charge in [0, 0.05) is 18.8 Å². The molecule has 5 nitrogen and oxygen atoms in total. The fourth-order valence-electron chi connectivity index (χ4n) is 2.41. The zero-order valence-corrected chi connectivity index (χ0v) is 11.3. The van der Waals surface area contributed by atoms with Crippen LogP contribution in [0.1, 0.15) is 24.0 Å². The van der Waals surface area contributed by atoms with E-state index in [0.29, 0.717) is 24.2 Å². The molecule has 0 aliphatic carbocycles. The van der Waals surface area contributed by atoms with Crippen molar-refractivity contribution in [1.82, 2.24) is 4.90 Å². The number of nitriles is 2. The van der Waals surface area contributed by atoms with Crippen LogP contribution in [0.3, 0.4) is 0 Å². The molecule has 0 amide bonds. The summed E-state index contributed by atoms with van der Waals surface area (Å²) in [5, 5.41) is 30.9. The van der Waals surface area contributed by atoms with E-state index >= 15 is 0 Å². The maximum atomic E-state index is 9.98. The Bertz CT molecular complexity index is 538. The van der Waals surface area contributed by atoms with Gasteiger partial charge in [0.2, 0.25) is 0 Å². The predicted molar refractivity (Wildman–Crippen MR) is 76.0 cm³/mol. The number of likely N-dealkylation sites (tertiary alicyclic amines) is 1. The molecule has 0 aromatic heterocycles. The third-order valence-corrected chi connectivity index (χ3v) is 3.47. The molecule has 1 saturated heterocycles. The smallest absolute Gasteiger partial charge is 0.101 e. The first-order valence-electron chi connectivity index (χ1n) is 6.81. The van der Waals surface area contributed by atoms with Crippen LogP contribution < -0.4 is 5.32 Å². The zero-order valence-electron chi connectivity index (χ0n) is 11.3. The van der Waals surface area contributed by atoms with E-state index in [4.69, 9.17) is 10.5 Å². The maximum absolute atomic E-state index is 9.98. The molecule has 0 bridgehead atoms. The first-order chi connectivity index (χ1) is 9.72. The summed E-state index contributed by atoms with van der Waals surface area (Å²) in [5.74, 6) is 0. The minimum atomic E-state index is -0.436. The summed E-state index contributed by atoms with van der Waals surface area (Å²) in [7, 11) is 0. The highest BCUT2D eigenvalue weighted by atomic mass is 16.3. The van der Waals surface area contributed by atoms with E-state index in [1.165, 1.54) is 12.8 Å². The van der Waals surface area contributed by atoms with Crippen molar-refractivity contribution >= 4 is 5.69 Å². The third kappa shape index (κ3) is 3.71. The topological polar surface area (TPSA) is 83.1 Å². The highest BCUT2D eigenvalue weighted by Gasteiger charge is 2.15. The molecule has 0 spiro atoms. The molecule has 1 aromatic rings. The van der Waals surface area contributed by atoms with Gasteiger partial charge in [-0.05, 0) is 44.1 Å². The minimum absolute atomic E-state index is 0.353. The van der Waals surface area contributed by atoms with E-state index in [-0.39, 0.29) is 0 Å². The Hall–Kier alpha value is -2.08. The Morgan fingerprint density at radius 2 is 1.90 bits per heavy atom. The third-order valence-electron chi connectivity index (χ3n) is 3.47. The van der Waals surface area contributed by atoms with Gasteiger partial charge in [0.05, 0.1) is 17.2 Å². The van der Waals surface area contributed by atoms with Crippen LogP contribution in [-0.2, 0) is 0 Å². The SMILES string of the molecule is N#Cc1ccc(NCC(O)CN2CCCC2)cc1C#N. The molecule has 1 fully saturated rings. The lowest BCUT2D eigenvalue weighted by Gasteiger charge is -2.20. The average molecular weight is 270 g/mol. The van der Waals surface area contributed by atoms with Gasteiger partial charge < -0.3 is 15.3 Å². The van der Waals surface area contributed by atoms with Crippen molar-refractivity contribution in [3.05, 3.63) is 29.3 Å². The summed E-state index contributed by atoms with van der Waals surface area (Å²) in [6.45, 7) is 3.24. The molecule has 2 rings (SSSR count). The molecule has 1 heterocycles. The van der Waals surface area contributed by atoms with Gasteiger partial charge >= 0.3 is 0 Å². The van der Waals surface area contributed by atoms with E-state index in [9.17, 15) is 5.11 Å². The molecule has 1 unspecified atom stereocenters. The monoisotopic (exact) mass is 270 g/mol. The number of rotatable bonds is 5. The van der Waals surface area contributed by atoms with Crippen LogP contribution >= 0.6 is 0 Å². The lowest BCUT2D eigenvalue weighted by Crippen LogP contribution is -2.34. The van der Waals surface area contributed by atoms with E-state index in [2.05, 4.69) is 10.2 Å². The first kappa shape index (κ1) is 14.3. The van der Waals surface area contributed by atoms with Crippen molar-refractivity contribution in [2.24, 2.45) is 0 Å². The number of benzene rings is 1. The Morgan fingerprint density at radius 1 is 1.20 bits per heavy atom. The standard InChI is InChI=1S/C15H18N4O/c16-8-12-3-4-14(7-13(12)9-17)18-10-15(20)11-19-5-1-2-6-19/h3-4,7,15,18,20H,1-2,5-6,10-11H2. The van der Waals surface area contributed by atoms with Crippen LogP contribution in [-0.4, -0.2) is 42.3 Å². The number of hydrogen-bond acceptors (Lipinski definition) is 5. The molecule has 1 atom stereocenters. The molecule has 1 aliphatic rings. The van der Waals surface area contributed by atoms with Gasteiger partial charge in [0.1, 0.15) is 12.1 Å². The van der Waals surface area contributed by atoms with Gasteiger partial charge in [-0.2, -0.15) is 10.5 Å². The summed E-state index contributed by atoms with van der Waals surface area (Å²) in [4.78, 5) is 2.26. The number of hydrogen-bond donors (Lipinski definition) is 2. The van der Waals surface area contributed by atoms with Crippen molar-refractivity contribution in [2.45, 2.75) is 18.9 Å². The second-order valence-electron chi connectivity index (χ2n) is 5.03. The lowest BCUT2D eigenvalue weighted by atomic mass is 10.1. The summed E-state index contributed by atoms with van der Waals surface area (Å²) in [6.07, 6.45) is 1.98. The lowest BCUT2D eigenvalue weighted by molar-refractivity contribution is 0.135. The molecule has 20 heavy (non-hydrogen) atoms. The van der Waals surface area contributed by atoms with E-state index in [1.54, 1.807) is 18.2 Å². The molecule has 0 saturated carbocycles. The van der Waals surface area contributed by atoms with Crippen molar-refractivity contribution in [3.8, 4) is 12.1 Å². The number of aliphatic hydroxyl groups excluding tert-OH is 1. The van der Waals surface area contributed by atoms with E-state index in [0.717, 1.165) is 18.8 Å². The van der Waals surface area contributed by atoms with Gasteiger partial charge in [0.25, 0.3) is 0 Å². The second kappa shape index (κ2) is 6.91. The first-order valence-corrected chi connectivity index (χ1v) is 6.81. The molecule has 0 radical (unpaired) electrons. The van der Waals surface area contributed by atoms with Crippen LogP contribution in [0.5, 0.6) is 0 Å². The number of anilines is 1. The van der Waals surface area contributed by atoms with Gasteiger partial charge in [-0.3, -0.25) is 0 Å². The van der Waals surface area contributed by atoms with Crippen LogP contribution in [0.25, 0.3) is 0 Å². The van der Waals surface area contributed by atoms with Gasteiger partial charge in [0.15, 0.2) is 0 Å². The van der Waals surface area contributed by atoms with Crippen LogP contribution in [0.15, 0.2) is 18.2 Å². The Kier molecular flexibility index (Phi) is 4.95. The largest absolute Gasteiger partial charge is 0.390 e. The normalized spacial score (nSPS) is 16.4. The summed E-state index contributed by atoms with van der Waals surface area (Å²) in [5.41, 5.74) is 1.48. The quantitative estimate of drug-likeness (QED) is 0.842. The Balaban J connectivity index is 1.87. The molecule has 104 valence electrons.